The lowest BCUT2D eigenvalue weighted by Gasteiger charge is -2.18. The fourth-order valence-corrected chi connectivity index (χ4v) is 1.42. The topological polar surface area (TPSA) is 98.7 Å². The molecule has 2 atom stereocenters. The summed E-state index contributed by atoms with van der Waals surface area (Å²) in [5.41, 5.74) is 0.854. The number of anilines is 1. The van der Waals surface area contributed by atoms with Crippen LogP contribution in [0, 0.1) is 12.7 Å². The van der Waals surface area contributed by atoms with Crippen LogP contribution in [0.2, 0.25) is 0 Å². The number of rotatable bonds is 4. The monoisotopic (exact) mass is 270 g/mol. The molecule has 0 heterocycles. The van der Waals surface area contributed by atoms with Crippen LogP contribution in [0.1, 0.15) is 12.5 Å². The summed E-state index contributed by atoms with van der Waals surface area (Å²) in [6.07, 6.45) is -1.25. The SMILES string of the molecule is Cc1ccc(F)cc1NC(=O)N[C@H](C(=O)O)[C@@H](C)O. The number of amides is 2. The molecule has 2 amide bonds. The molecule has 4 N–H and O–H groups in total. The fraction of sp³-hybridized carbons (Fsp3) is 0.333. The van der Waals surface area contributed by atoms with E-state index in [0.29, 0.717) is 5.56 Å². The van der Waals surface area contributed by atoms with Crippen LogP contribution in [0.25, 0.3) is 0 Å². The summed E-state index contributed by atoms with van der Waals surface area (Å²) in [6.45, 7) is 2.91. The minimum Gasteiger partial charge on any atom is -0.480 e. The smallest absolute Gasteiger partial charge is 0.328 e. The first-order chi connectivity index (χ1) is 8.81. The standard InChI is InChI=1S/C12H15FN2O4/c1-6-3-4-8(13)5-9(6)14-12(19)15-10(7(2)16)11(17)18/h3-5,7,10,16H,1-2H3,(H,17,18)(H2,14,15,19)/t7-,10+/m1/s1. The molecule has 1 aromatic carbocycles. The summed E-state index contributed by atoms with van der Waals surface area (Å²) in [5.74, 6) is -1.88. The molecule has 19 heavy (non-hydrogen) atoms. The van der Waals surface area contributed by atoms with Crippen molar-refractivity contribution in [2.75, 3.05) is 5.32 Å². The number of carboxylic acid groups (broad SMARTS) is 1. The zero-order chi connectivity index (χ0) is 14.6. The highest BCUT2D eigenvalue weighted by Crippen LogP contribution is 2.15. The van der Waals surface area contributed by atoms with Crippen molar-refractivity contribution in [1.82, 2.24) is 5.32 Å². The number of carboxylic acids is 1. The molecule has 0 saturated heterocycles. The van der Waals surface area contributed by atoms with Crippen molar-refractivity contribution >= 4 is 17.7 Å². The Morgan fingerprint density at radius 2 is 2.00 bits per heavy atom. The lowest BCUT2D eigenvalue weighted by molar-refractivity contribution is -0.141. The van der Waals surface area contributed by atoms with Gasteiger partial charge in [-0.1, -0.05) is 6.07 Å². The molecule has 0 aliphatic heterocycles. The van der Waals surface area contributed by atoms with Crippen LogP contribution in [-0.4, -0.2) is 34.4 Å². The second kappa shape index (κ2) is 6.14. The summed E-state index contributed by atoms with van der Waals surface area (Å²) in [6, 6.07) is 1.58. The molecule has 6 nitrogen and oxygen atoms in total. The normalized spacial score (nSPS) is 13.5. The van der Waals surface area contributed by atoms with E-state index in [0.717, 1.165) is 6.07 Å². The maximum absolute atomic E-state index is 13.0. The van der Waals surface area contributed by atoms with Gasteiger partial charge in [0.2, 0.25) is 0 Å². The summed E-state index contributed by atoms with van der Waals surface area (Å²) >= 11 is 0. The van der Waals surface area contributed by atoms with E-state index in [1.807, 2.05) is 0 Å². The molecule has 1 aromatic rings. The molecule has 7 heteroatoms. The predicted octanol–water partition coefficient (Wildman–Crippen LogP) is 1.09. The van der Waals surface area contributed by atoms with E-state index in [4.69, 9.17) is 5.11 Å². The number of benzene rings is 1. The van der Waals surface area contributed by atoms with Crippen LogP contribution in [-0.2, 0) is 4.79 Å². The highest BCUT2D eigenvalue weighted by Gasteiger charge is 2.25. The zero-order valence-corrected chi connectivity index (χ0v) is 10.5. The van der Waals surface area contributed by atoms with Gasteiger partial charge in [-0.05, 0) is 31.5 Å². The van der Waals surface area contributed by atoms with Gasteiger partial charge in [0.15, 0.2) is 6.04 Å². The van der Waals surface area contributed by atoms with E-state index in [9.17, 15) is 19.1 Å². The zero-order valence-electron chi connectivity index (χ0n) is 10.5. The lowest BCUT2D eigenvalue weighted by atomic mass is 10.2. The third kappa shape index (κ3) is 4.22. The molecule has 0 aliphatic rings. The van der Waals surface area contributed by atoms with Crippen LogP contribution in [0.3, 0.4) is 0 Å². The predicted molar refractivity (Wildman–Crippen MR) is 66.4 cm³/mol. The Morgan fingerprint density at radius 3 is 2.53 bits per heavy atom. The number of aliphatic hydroxyl groups is 1. The van der Waals surface area contributed by atoms with Crippen molar-refractivity contribution in [3.63, 3.8) is 0 Å². The average molecular weight is 270 g/mol. The number of hydrogen-bond acceptors (Lipinski definition) is 3. The van der Waals surface area contributed by atoms with Crippen LogP contribution in [0.4, 0.5) is 14.9 Å². The van der Waals surface area contributed by atoms with Crippen molar-refractivity contribution in [1.29, 1.82) is 0 Å². The molecule has 0 saturated carbocycles. The van der Waals surface area contributed by atoms with Crippen LogP contribution < -0.4 is 10.6 Å². The van der Waals surface area contributed by atoms with Crippen LogP contribution in [0.5, 0.6) is 0 Å². The number of aliphatic hydroxyl groups excluding tert-OH is 1. The van der Waals surface area contributed by atoms with Gasteiger partial charge in [0, 0.05) is 5.69 Å². The molecule has 0 unspecified atom stereocenters. The molecule has 0 aromatic heterocycles. The third-order valence-corrected chi connectivity index (χ3v) is 2.48. The van der Waals surface area contributed by atoms with E-state index in [2.05, 4.69) is 10.6 Å². The number of halogens is 1. The lowest BCUT2D eigenvalue weighted by Crippen LogP contribution is -2.49. The summed E-state index contributed by atoms with van der Waals surface area (Å²) in [7, 11) is 0. The number of urea groups is 1. The van der Waals surface area contributed by atoms with Crippen LogP contribution >= 0.6 is 0 Å². The summed E-state index contributed by atoms with van der Waals surface area (Å²) in [4.78, 5) is 22.4. The van der Waals surface area contributed by atoms with Crippen molar-refractivity contribution in [2.24, 2.45) is 0 Å². The molecular weight excluding hydrogens is 255 g/mol. The van der Waals surface area contributed by atoms with Crippen molar-refractivity contribution < 1.29 is 24.2 Å². The first-order valence-electron chi connectivity index (χ1n) is 5.56. The van der Waals surface area contributed by atoms with Gasteiger partial charge in [-0.25, -0.2) is 14.0 Å². The van der Waals surface area contributed by atoms with E-state index in [1.165, 1.54) is 19.1 Å². The largest absolute Gasteiger partial charge is 0.480 e. The number of aryl methyl sites for hydroxylation is 1. The van der Waals surface area contributed by atoms with Gasteiger partial charge in [-0.3, -0.25) is 0 Å². The Bertz CT molecular complexity index is 491. The van der Waals surface area contributed by atoms with Gasteiger partial charge < -0.3 is 20.8 Å². The Morgan fingerprint density at radius 1 is 1.37 bits per heavy atom. The average Bonchev–Trinajstić information content (AvgIpc) is 2.30. The van der Waals surface area contributed by atoms with Crippen molar-refractivity contribution in [3.8, 4) is 0 Å². The minimum atomic E-state index is -1.44. The van der Waals surface area contributed by atoms with Gasteiger partial charge in [0.1, 0.15) is 5.82 Å². The molecule has 0 radical (unpaired) electrons. The number of hydrogen-bond donors (Lipinski definition) is 4. The number of carbonyl (C=O) groups is 2. The van der Waals surface area contributed by atoms with E-state index in [1.54, 1.807) is 6.92 Å². The Labute approximate surface area is 109 Å². The van der Waals surface area contributed by atoms with E-state index < -0.39 is 30.0 Å². The number of aliphatic carboxylic acids is 1. The quantitative estimate of drug-likeness (QED) is 0.658. The molecule has 104 valence electrons. The van der Waals surface area contributed by atoms with Crippen LogP contribution in [0.15, 0.2) is 18.2 Å². The van der Waals surface area contributed by atoms with Gasteiger partial charge in [-0.2, -0.15) is 0 Å². The molecular formula is C12H15FN2O4. The Kier molecular flexibility index (Phi) is 4.82. The second-order valence-electron chi connectivity index (χ2n) is 4.11. The van der Waals surface area contributed by atoms with Crippen molar-refractivity contribution in [3.05, 3.63) is 29.6 Å². The summed E-state index contributed by atoms with van der Waals surface area (Å²) in [5, 5.41) is 22.4. The maximum Gasteiger partial charge on any atom is 0.328 e. The molecule has 1 rings (SSSR count). The Hall–Kier alpha value is -2.15. The maximum atomic E-state index is 13.0. The number of carbonyl (C=O) groups excluding carboxylic acids is 1. The van der Waals surface area contributed by atoms with Gasteiger partial charge in [-0.15, -0.1) is 0 Å². The van der Waals surface area contributed by atoms with Gasteiger partial charge >= 0.3 is 12.0 Å². The molecule has 0 spiro atoms. The highest BCUT2D eigenvalue weighted by atomic mass is 19.1. The molecule has 0 fully saturated rings. The van der Waals surface area contributed by atoms with Gasteiger partial charge in [0.05, 0.1) is 6.10 Å². The first kappa shape index (κ1) is 14.9. The highest BCUT2D eigenvalue weighted by molar-refractivity contribution is 5.93. The first-order valence-corrected chi connectivity index (χ1v) is 5.56. The van der Waals surface area contributed by atoms with E-state index >= 15 is 0 Å². The summed E-state index contributed by atoms with van der Waals surface area (Å²) < 4.78 is 13.0. The fourth-order valence-electron chi connectivity index (χ4n) is 1.42. The molecule has 0 bridgehead atoms. The third-order valence-electron chi connectivity index (χ3n) is 2.48. The minimum absolute atomic E-state index is 0.229. The second-order valence-corrected chi connectivity index (χ2v) is 4.11. The van der Waals surface area contributed by atoms with Crippen molar-refractivity contribution in [2.45, 2.75) is 26.0 Å². The number of nitrogens with one attached hydrogen (secondary N) is 2. The Balaban J connectivity index is 2.74. The van der Waals surface area contributed by atoms with Gasteiger partial charge in [0.25, 0.3) is 0 Å². The molecule has 0 aliphatic carbocycles. The van der Waals surface area contributed by atoms with E-state index in [-0.39, 0.29) is 5.69 Å².